The molecule has 0 fully saturated rings. The van der Waals surface area contributed by atoms with Crippen molar-refractivity contribution in [2.45, 2.75) is 6.54 Å². The van der Waals surface area contributed by atoms with Crippen LogP contribution in [0.2, 0.25) is 0 Å². The molecule has 0 spiro atoms. The van der Waals surface area contributed by atoms with Gasteiger partial charge in [0.2, 0.25) is 5.91 Å². The van der Waals surface area contributed by atoms with Crippen LogP contribution in [0.5, 0.6) is 0 Å². The first-order valence-corrected chi connectivity index (χ1v) is 5.76. The molecule has 1 aromatic carbocycles. The molecule has 0 atom stereocenters. The third kappa shape index (κ3) is 1.95. The molecule has 6 heteroatoms. The molecule has 0 saturated heterocycles. The van der Waals surface area contributed by atoms with E-state index in [0.717, 1.165) is 26.0 Å². The zero-order valence-corrected chi connectivity index (χ0v) is 9.97. The lowest BCUT2D eigenvalue weighted by Gasteiger charge is -1.99. The molecule has 0 radical (unpaired) electrons. The number of nitrogens with zero attached hydrogens (tertiary/aromatic N) is 1. The fourth-order valence-corrected chi connectivity index (χ4v) is 2.79. The number of rotatable bonds is 2. The van der Waals surface area contributed by atoms with Crippen LogP contribution in [0.3, 0.4) is 0 Å². The first-order chi connectivity index (χ1) is 7.08. The van der Waals surface area contributed by atoms with E-state index in [1.54, 1.807) is 6.07 Å². The topological polar surface area (TPSA) is 65.1 Å². The number of fused-ring (bicyclic) bond motifs is 1. The SMILES string of the molecule is NC(=O)Cn1c(=O)sc2cc(Br)ccc21. The van der Waals surface area contributed by atoms with Crippen LogP contribution in [0.4, 0.5) is 0 Å². The molecule has 0 aliphatic heterocycles. The van der Waals surface area contributed by atoms with Crippen LogP contribution in [0.1, 0.15) is 0 Å². The number of carbonyl (C=O) groups excluding carboxylic acids is 1. The highest BCUT2D eigenvalue weighted by Gasteiger charge is 2.09. The Labute approximate surface area is 97.4 Å². The summed E-state index contributed by atoms with van der Waals surface area (Å²) in [5.74, 6) is -0.514. The maximum absolute atomic E-state index is 11.5. The molecule has 4 nitrogen and oxygen atoms in total. The number of amides is 1. The number of benzene rings is 1. The maximum atomic E-state index is 11.5. The summed E-state index contributed by atoms with van der Waals surface area (Å²) >= 11 is 4.43. The summed E-state index contributed by atoms with van der Waals surface area (Å²) in [6, 6.07) is 5.46. The Morgan fingerprint density at radius 3 is 2.93 bits per heavy atom. The van der Waals surface area contributed by atoms with Gasteiger partial charge in [0.25, 0.3) is 0 Å². The Balaban J connectivity index is 2.68. The van der Waals surface area contributed by atoms with E-state index >= 15 is 0 Å². The minimum Gasteiger partial charge on any atom is -0.368 e. The van der Waals surface area contributed by atoms with Gasteiger partial charge in [0.05, 0.1) is 10.2 Å². The highest BCUT2D eigenvalue weighted by molar-refractivity contribution is 9.10. The first-order valence-electron chi connectivity index (χ1n) is 4.15. The summed E-state index contributed by atoms with van der Waals surface area (Å²) in [4.78, 5) is 22.2. The second-order valence-electron chi connectivity index (χ2n) is 3.03. The minimum absolute atomic E-state index is 0.0690. The van der Waals surface area contributed by atoms with Gasteiger partial charge in [0.15, 0.2) is 0 Å². The molecule has 2 aromatic rings. The second kappa shape index (κ2) is 3.79. The van der Waals surface area contributed by atoms with Crippen molar-refractivity contribution in [3.63, 3.8) is 0 Å². The monoisotopic (exact) mass is 286 g/mol. The number of aromatic nitrogens is 1. The fourth-order valence-electron chi connectivity index (χ4n) is 1.35. The third-order valence-corrected chi connectivity index (χ3v) is 3.38. The van der Waals surface area contributed by atoms with Crippen molar-refractivity contribution in [1.82, 2.24) is 4.57 Å². The summed E-state index contributed by atoms with van der Waals surface area (Å²) in [6.07, 6.45) is 0. The van der Waals surface area contributed by atoms with Crippen LogP contribution in [-0.2, 0) is 11.3 Å². The lowest BCUT2D eigenvalue weighted by Crippen LogP contribution is -2.24. The van der Waals surface area contributed by atoms with E-state index in [4.69, 9.17) is 5.73 Å². The zero-order valence-electron chi connectivity index (χ0n) is 7.57. The van der Waals surface area contributed by atoms with Crippen molar-refractivity contribution in [1.29, 1.82) is 0 Å². The molecular weight excluding hydrogens is 280 g/mol. The quantitative estimate of drug-likeness (QED) is 0.905. The molecular formula is C9H7BrN2O2S. The van der Waals surface area contributed by atoms with Crippen LogP contribution >= 0.6 is 27.3 Å². The van der Waals surface area contributed by atoms with Gasteiger partial charge in [-0.15, -0.1) is 0 Å². The van der Waals surface area contributed by atoms with Crippen LogP contribution in [-0.4, -0.2) is 10.5 Å². The Hall–Kier alpha value is -1.14. The predicted molar refractivity (Wildman–Crippen MR) is 63.0 cm³/mol. The van der Waals surface area contributed by atoms with Crippen LogP contribution < -0.4 is 10.6 Å². The summed E-state index contributed by atoms with van der Waals surface area (Å²) in [7, 11) is 0. The van der Waals surface area contributed by atoms with E-state index in [1.165, 1.54) is 4.57 Å². The summed E-state index contributed by atoms with van der Waals surface area (Å²) in [5.41, 5.74) is 5.81. The van der Waals surface area contributed by atoms with Gasteiger partial charge in [-0.1, -0.05) is 27.3 Å². The van der Waals surface area contributed by atoms with Gasteiger partial charge < -0.3 is 5.73 Å². The fraction of sp³-hybridized carbons (Fsp3) is 0.111. The Kier molecular flexibility index (Phi) is 2.62. The van der Waals surface area contributed by atoms with Crippen LogP contribution in [0.15, 0.2) is 27.5 Å². The lowest BCUT2D eigenvalue weighted by atomic mass is 10.3. The molecule has 0 bridgehead atoms. The number of halogens is 1. The van der Waals surface area contributed by atoms with Crippen molar-refractivity contribution < 1.29 is 4.79 Å². The third-order valence-electron chi connectivity index (χ3n) is 1.94. The molecule has 78 valence electrons. The summed E-state index contributed by atoms with van der Waals surface area (Å²) < 4.78 is 3.13. The van der Waals surface area contributed by atoms with Gasteiger partial charge in [0.1, 0.15) is 6.54 Å². The number of nitrogens with two attached hydrogens (primary N) is 1. The maximum Gasteiger partial charge on any atom is 0.308 e. The lowest BCUT2D eigenvalue weighted by molar-refractivity contribution is -0.118. The molecule has 0 aliphatic rings. The Morgan fingerprint density at radius 1 is 1.53 bits per heavy atom. The molecule has 0 unspecified atom stereocenters. The number of primary amides is 1. The standard InChI is InChI=1S/C9H7BrN2O2S/c10-5-1-2-6-7(3-5)15-9(14)12(6)4-8(11)13/h1-3H,4H2,(H2,11,13). The van der Waals surface area contributed by atoms with Gasteiger partial charge in [0, 0.05) is 4.47 Å². The van der Waals surface area contributed by atoms with E-state index in [1.807, 2.05) is 12.1 Å². The number of hydrogen-bond donors (Lipinski definition) is 1. The highest BCUT2D eigenvalue weighted by atomic mass is 79.9. The molecule has 1 aromatic heterocycles. The van der Waals surface area contributed by atoms with E-state index in [2.05, 4.69) is 15.9 Å². The van der Waals surface area contributed by atoms with Gasteiger partial charge in [-0.2, -0.15) is 0 Å². The zero-order chi connectivity index (χ0) is 11.0. The average Bonchev–Trinajstić information content (AvgIpc) is 2.41. The smallest absolute Gasteiger partial charge is 0.308 e. The Bertz CT molecular complexity index is 587. The summed E-state index contributed by atoms with van der Waals surface area (Å²) in [5, 5.41) is 0. The predicted octanol–water partition coefficient (Wildman–Crippen LogP) is 1.31. The van der Waals surface area contributed by atoms with E-state index < -0.39 is 5.91 Å². The van der Waals surface area contributed by atoms with Gasteiger partial charge >= 0.3 is 4.87 Å². The van der Waals surface area contributed by atoms with Crippen LogP contribution in [0.25, 0.3) is 10.2 Å². The summed E-state index contributed by atoms with van der Waals surface area (Å²) in [6.45, 7) is -0.0690. The Morgan fingerprint density at radius 2 is 2.27 bits per heavy atom. The molecule has 1 amide bonds. The first kappa shape index (κ1) is 10.4. The van der Waals surface area contributed by atoms with E-state index in [0.29, 0.717) is 0 Å². The van der Waals surface area contributed by atoms with Gasteiger partial charge in [-0.3, -0.25) is 14.2 Å². The van der Waals surface area contributed by atoms with Gasteiger partial charge in [-0.05, 0) is 18.2 Å². The normalized spacial score (nSPS) is 10.7. The second-order valence-corrected chi connectivity index (χ2v) is 4.94. The average molecular weight is 287 g/mol. The molecule has 0 aliphatic carbocycles. The molecule has 1 heterocycles. The largest absolute Gasteiger partial charge is 0.368 e. The number of thiazole rings is 1. The van der Waals surface area contributed by atoms with E-state index in [-0.39, 0.29) is 11.4 Å². The van der Waals surface area contributed by atoms with Crippen molar-refractivity contribution >= 4 is 43.4 Å². The molecule has 2 rings (SSSR count). The van der Waals surface area contributed by atoms with Crippen molar-refractivity contribution in [3.8, 4) is 0 Å². The van der Waals surface area contributed by atoms with Crippen molar-refractivity contribution in [2.75, 3.05) is 0 Å². The number of hydrogen-bond acceptors (Lipinski definition) is 3. The minimum atomic E-state index is -0.514. The van der Waals surface area contributed by atoms with E-state index in [9.17, 15) is 9.59 Å². The highest BCUT2D eigenvalue weighted by Crippen LogP contribution is 2.21. The number of carbonyl (C=O) groups is 1. The molecule has 0 saturated carbocycles. The van der Waals surface area contributed by atoms with Crippen LogP contribution in [0, 0.1) is 0 Å². The van der Waals surface area contributed by atoms with Crippen molar-refractivity contribution in [2.24, 2.45) is 5.73 Å². The molecule has 2 N–H and O–H groups in total. The van der Waals surface area contributed by atoms with Crippen molar-refractivity contribution in [3.05, 3.63) is 32.3 Å². The molecule has 15 heavy (non-hydrogen) atoms. The van der Waals surface area contributed by atoms with Gasteiger partial charge in [-0.25, -0.2) is 0 Å².